The van der Waals surface area contributed by atoms with Crippen molar-refractivity contribution >= 4 is 5.97 Å². The van der Waals surface area contributed by atoms with Crippen molar-refractivity contribution < 1.29 is 15.0 Å². The fraction of sp³-hybridized carbons (Fsp3) is 0.444. The van der Waals surface area contributed by atoms with Gasteiger partial charge in [-0.15, -0.1) is 0 Å². The molecule has 0 bridgehead atoms. The molecular weight excluding hydrogens is 278 g/mol. The molecule has 0 aromatic heterocycles. The number of carboxylic acids is 1. The predicted octanol–water partition coefficient (Wildman–Crippen LogP) is 2.82. The molecule has 0 spiro atoms. The summed E-state index contributed by atoms with van der Waals surface area (Å²) in [6.45, 7) is 5.56. The molecule has 0 saturated heterocycles. The lowest BCUT2D eigenvalue weighted by Gasteiger charge is -2.39. The van der Waals surface area contributed by atoms with Gasteiger partial charge in [0.15, 0.2) is 0 Å². The molecule has 1 atom stereocenters. The largest absolute Gasteiger partial charge is 0.478 e. The van der Waals surface area contributed by atoms with Crippen molar-refractivity contribution in [1.29, 1.82) is 5.26 Å². The van der Waals surface area contributed by atoms with E-state index in [2.05, 4.69) is 17.9 Å². The van der Waals surface area contributed by atoms with Crippen LogP contribution in [0.1, 0.15) is 49.5 Å². The summed E-state index contributed by atoms with van der Waals surface area (Å²) in [5.74, 6) is 4.69. The zero-order valence-corrected chi connectivity index (χ0v) is 13.0. The second kappa shape index (κ2) is 5.16. The maximum absolute atomic E-state index is 11.1. The smallest absolute Gasteiger partial charge is 0.335 e. The molecule has 1 saturated carbocycles. The number of benzene rings is 1. The van der Waals surface area contributed by atoms with E-state index in [0.29, 0.717) is 18.4 Å². The van der Waals surface area contributed by atoms with Crippen LogP contribution in [0.25, 0.3) is 0 Å². The number of rotatable bonds is 2. The van der Waals surface area contributed by atoms with Gasteiger partial charge >= 0.3 is 5.97 Å². The van der Waals surface area contributed by atoms with Crippen LogP contribution in [0.15, 0.2) is 24.3 Å². The van der Waals surface area contributed by atoms with Crippen LogP contribution in [0, 0.1) is 34.0 Å². The standard InChI is InChI=1S/C18H19NO3/c1-16(2,3)18(22,17(12-19)9-10-17)8-7-13-5-4-6-14(11-13)15(20)21/h4-6,11,22H,9-10H2,1-3H3,(H,20,21)/t18-/m1/s1. The summed E-state index contributed by atoms with van der Waals surface area (Å²) in [4.78, 5) is 11.0. The first-order valence-electron chi connectivity index (χ1n) is 7.15. The van der Waals surface area contributed by atoms with Crippen molar-refractivity contribution in [1.82, 2.24) is 0 Å². The zero-order chi connectivity index (χ0) is 16.6. The Morgan fingerprint density at radius 3 is 2.41 bits per heavy atom. The van der Waals surface area contributed by atoms with Gasteiger partial charge in [-0.05, 0) is 31.0 Å². The molecule has 0 radical (unpaired) electrons. The average Bonchev–Trinajstić information content (AvgIpc) is 3.25. The SMILES string of the molecule is CC(C)(C)[C@](O)(C#Cc1cccc(C(=O)O)c1)C1(C#N)CC1. The number of hydrogen-bond acceptors (Lipinski definition) is 3. The van der Waals surface area contributed by atoms with Crippen molar-refractivity contribution in [3.8, 4) is 17.9 Å². The van der Waals surface area contributed by atoms with E-state index >= 15 is 0 Å². The number of aromatic carboxylic acids is 1. The summed E-state index contributed by atoms with van der Waals surface area (Å²) in [5.41, 5.74) is -2.20. The third kappa shape index (κ3) is 2.58. The fourth-order valence-corrected chi connectivity index (χ4v) is 2.60. The van der Waals surface area contributed by atoms with Crippen LogP contribution < -0.4 is 0 Å². The second-order valence-corrected chi connectivity index (χ2v) is 6.79. The van der Waals surface area contributed by atoms with E-state index in [1.807, 2.05) is 20.8 Å². The summed E-state index contributed by atoms with van der Waals surface area (Å²) in [6, 6.07) is 8.47. The number of hydrogen-bond donors (Lipinski definition) is 2. The third-order valence-corrected chi connectivity index (χ3v) is 4.24. The molecule has 2 rings (SSSR count). The van der Waals surface area contributed by atoms with Crippen LogP contribution >= 0.6 is 0 Å². The lowest BCUT2D eigenvalue weighted by molar-refractivity contribution is -0.0470. The topological polar surface area (TPSA) is 81.3 Å². The Hall–Kier alpha value is -2.30. The number of aliphatic hydroxyl groups is 1. The molecule has 0 heterocycles. The van der Waals surface area contributed by atoms with Gasteiger partial charge in [-0.2, -0.15) is 5.26 Å². The van der Waals surface area contributed by atoms with Gasteiger partial charge in [0, 0.05) is 11.0 Å². The van der Waals surface area contributed by atoms with Gasteiger partial charge < -0.3 is 10.2 Å². The number of carbonyl (C=O) groups is 1. The quantitative estimate of drug-likeness (QED) is 0.822. The molecule has 1 aliphatic rings. The minimum Gasteiger partial charge on any atom is -0.478 e. The van der Waals surface area contributed by atoms with E-state index < -0.39 is 22.4 Å². The van der Waals surface area contributed by atoms with Gasteiger partial charge in [-0.3, -0.25) is 0 Å². The first-order chi connectivity index (χ1) is 10.2. The van der Waals surface area contributed by atoms with Crippen molar-refractivity contribution in [3.63, 3.8) is 0 Å². The molecule has 0 unspecified atom stereocenters. The van der Waals surface area contributed by atoms with Crippen LogP contribution in [-0.2, 0) is 0 Å². The number of carboxylic acid groups (broad SMARTS) is 1. The van der Waals surface area contributed by atoms with Crippen LogP contribution in [-0.4, -0.2) is 21.8 Å². The summed E-state index contributed by atoms with van der Waals surface area (Å²) < 4.78 is 0. The lowest BCUT2D eigenvalue weighted by Crippen LogP contribution is -2.49. The van der Waals surface area contributed by atoms with E-state index in [0.717, 1.165) is 0 Å². The zero-order valence-electron chi connectivity index (χ0n) is 13.0. The lowest BCUT2D eigenvalue weighted by atomic mass is 9.67. The molecule has 1 aliphatic carbocycles. The summed E-state index contributed by atoms with van der Waals surface area (Å²) in [7, 11) is 0. The van der Waals surface area contributed by atoms with Crippen molar-refractivity contribution in [2.24, 2.45) is 10.8 Å². The van der Waals surface area contributed by atoms with Gasteiger partial charge in [0.2, 0.25) is 0 Å². The van der Waals surface area contributed by atoms with E-state index in [1.54, 1.807) is 12.1 Å². The predicted molar refractivity (Wildman–Crippen MR) is 82.0 cm³/mol. The number of nitrogens with zero attached hydrogens (tertiary/aromatic N) is 1. The Kier molecular flexibility index (Phi) is 3.77. The van der Waals surface area contributed by atoms with Crippen LogP contribution in [0.3, 0.4) is 0 Å². The molecule has 4 nitrogen and oxygen atoms in total. The minimum absolute atomic E-state index is 0.146. The monoisotopic (exact) mass is 297 g/mol. The van der Waals surface area contributed by atoms with Crippen LogP contribution in [0.4, 0.5) is 0 Å². The molecule has 1 aromatic carbocycles. The molecular formula is C18H19NO3. The van der Waals surface area contributed by atoms with E-state index in [4.69, 9.17) is 5.11 Å². The van der Waals surface area contributed by atoms with Gasteiger partial charge in [0.1, 0.15) is 5.60 Å². The van der Waals surface area contributed by atoms with Crippen molar-refractivity contribution in [3.05, 3.63) is 35.4 Å². The Labute approximate surface area is 130 Å². The van der Waals surface area contributed by atoms with Gasteiger partial charge in [0.05, 0.1) is 17.0 Å². The fourth-order valence-electron chi connectivity index (χ4n) is 2.60. The van der Waals surface area contributed by atoms with Crippen LogP contribution in [0.2, 0.25) is 0 Å². The van der Waals surface area contributed by atoms with Crippen molar-refractivity contribution in [2.75, 3.05) is 0 Å². The summed E-state index contributed by atoms with van der Waals surface area (Å²) in [5, 5.41) is 29.5. The minimum atomic E-state index is -1.44. The highest BCUT2D eigenvalue weighted by atomic mass is 16.4. The van der Waals surface area contributed by atoms with Gasteiger partial charge in [-0.1, -0.05) is 38.7 Å². The summed E-state index contributed by atoms with van der Waals surface area (Å²) >= 11 is 0. The maximum Gasteiger partial charge on any atom is 0.335 e. The Morgan fingerprint density at radius 2 is 1.95 bits per heavy atom. The molecule has 4 heteroatoms. The van der Waals surface area contributed by atoms with Crippen molar-refractivity contribution in [2.45, 2.75) is 39.2 Å². The highest BCUT2D eigenvalue weighted by molar-refractivity contribution is 5.88. The summed E-state index contributed by atoms with van der Waals surface area (Å²) in [6.07, 6.45) is 1.25. The van der Waals surface area contributed by atoms with E-state index in [1.165, 1.54) is 12.1 Å². The highest BCUT2D eigenvalue weighted by Gasteiger charge is 2.64. The normalized spacial score (nSPS) is 18.3. The molecule has 22 heavy (non-hydrogen) atoms. The Bertz CT molecular complexity index is 708. The maximum atomic E-state index is 11.1. The number of nitriles is 1. The Morgan fingerprint density at radius 1 is 1.32 bits per heavy atom. The van der Waals surface area contributed by atoms with E-state index in [9.17, 15) is 15.2 Å². The molecule has 1 aromatic rings. The Balaban J connectivity index is 2.45. The first-order valence-corrected chi connectivity index (χ1v) is 7.15. The molecule has 1 fully saturated rings. The average molecular weight is 297 g/mol. The van der Waals surface area contributed by atoms with Crippen LogP contribution in [0.5, 0.6) is 0 Å². The second-order valence-electron chi connectivity index (χ2n) is 6.79. The van der Waals surface area contributed by atoms with E-state index in [-0.39, 0.29) is 5.56 Å². The molecule has 0 aliphatic heterocycles. The van der Waals surface area contributed by atoms with Gasteiger partial charge in [0.25, 0.3) is 0 Å². The first kappa shape index (κ1) is 16.1. The molecule has 114 valence electrons. The molecule has 2 N–H and O–H groups in total. The highest BCUT2D eigenvalue weighted by Crippen LogP contribution is 2.59. The molecule has 0 amide bonds. The van der Waals surface area contributed by atoms with Gasteiger partial charge in [-0.25, -0.2) is 4.79 Å². The third-order valence-electron chi connectivity index (χ3n) is 4.24.